The Bertz CT molecular complexity index is 108. The summed E-state index contributed by atoms with van der Waals surface area (Å²) in [5.74, 6) is 0. The zero-order valence-electron chi connectivity index (χ0n) is 6.24. The van der Waals surface area contributed by atoms with Crippen molar-refractivity contribution in [2.75, 3.05) is 0 Å². The molecule has 0 atom stereocenters. The predicted octanol–water partition coefficient (Wildman–Crippen LogP) is 3.68. The number of halogens is 1. The fourth-order valence-electron chi connectivity index (χ4n) is 0.457. The summed E-state index contributed by atoms with van der Waals surface area (Å²) in [6.45, 7) is 6.35. The molecule has 0 radical (unpaired) electrons. The Labute approximate surface area is 71.2 Å². The van der Waals surface area contributed by atoms with Crippen molar-refractivity contribution < 1.29 is 0 Å². The maximum absolute atomic E-state index is 2.32. The van der Waals surface area contributed by atoms with E-state index in [9.17, 15) is 0 Å². The molecule has 0 aliphatic heterocycles. The lowest BCUT2D eigenvalue weighted by molar-refractivity contribution is 1.27. The molecule has 0 bridgehead atoms. The van der Waals surface area contributed by atoms with E-state index in [0.717, 1.165) is 6.42 Å². The molecule has 0 aromatic rings. The molecule has 0 aromatic heterocycles. The minimum Gasteiger partial charge on any atom is -0.0821 e. The Kier molecular flexibility index (Phi) is 5.15. The van der Waals surface area contributed by atoms with Gasteiger partial charge in [-0.05, 0) is 53.4 Å². The third kappa shape index (κ3) is 8.21. The third-order valence-electron chi connectivity index (χ3n) is 0.925. The van der Waals surface area contributed by atoms with Gasteiger partial charge in [0, 0.05) is 0 Å². The number of allylic oxidation sites excluding steroid dienone is 4. The Morgan fingerprint density at radius 3 is 2.11 bits per heavy atom. The van der Waals surface area contributed by atoms with Crippen LogP contribution in [-0.4, -0.2) is 0 Å². The van der Waals surface area contributed by atoms with E-state index in [4.69, 9.17) is 0 Å². The van der Waals surface area contributed by atoms with Crippen molar-refractivity contribution in [1.82, 2.24) is 0 Å². The van der Waals surface area contributed by atoms with Gasteiger partial charge in [0.2, 0.25) is 0 Å². The molecule has 0 fully saturated rings. The molecule has 0 spiro atoms. The lowest BCUT2D eigenvalue weighted by Crippen LogP contribution is -1.64. The topological polar surface area (TPSA) is 0 Å². The molecule has 0 amide bonds. The minimum atomic E-state index is 1.08. The quantitative estimate of drug-likeness (QED) is 0.506. The van der Waals surface area contributed by atoms with E-state index < -0.39 is 0 Å². The highest BCUT2D eigenvalue weighted by atomic mass is 127. The predicted molar refractivity (Wildman–Crippen MR) is 51.8 cm³/mol. The largest absolute Gasteiger partial charge is 0.0821 e. The Hall–Kier alpha value is 0.210. The highest BCUT2D eigenvalue weighted by Gasteiger charge is 1.77. The maximum Gasteiger partial charge on any atom is -0.0157 e. The summed E-state index contributed by atoms with van der Waals surface area (Å²) in [7, 11) is 0. The normalized spacial score (nSPS) is 11.3. The van der Waals surface area contributed by atoms with Crippen LogP contribution < -0.4 is 0 Å². The number of rotatable bonds is 2. The van der Waals surface area contributed by atoms with Crippen molar-refractivity contribution >= 4 is 22.6 Å². The van der Waals surface area contributed by atoms with E-state index in [2.05, 4.69) is 55.5 Å². The highest BCUT2D eigenvalue weighted by molar-refractivity contribution is 14.1. The van der Waals surface area contributed by atoms with Crippen molar-refractivity contribution in [2.24, 2.45) is 0 Å². The van der Waals surface area contributed by atoms with E-state index in [1.165, 1.54) is 9.15 Å². The summed E-state index contributed by atoms with van der Waals surface area (Å²) >= 11 is 2.32. The van der Waals surface area contributed by atoms with Crippen LogP contribution in [0.2, 0.25) is 0 Å². The van der Waals surface area contributed by atoms with E-state index in [0.29, 0.717) is 0 Å². The first-order chi connectivity index (χ1) is 4.13. The lowest BCUT2D eigenvalue weighted by atomic mass is 10.2. The first-order valence-electron chi connectivity index (χ1n) is 3.08. The van der Waals surface area contributed by atoms with Crippen molar-refractivity contribution in [1.29, 1.82) is 0 Å². The van der Waals surface area contributed by atoms with Crippen LogP contribution in [0, 0.1) is 0 Å². The summed E-state index contributed by atoms with van der Waals surface area (Å²) in [5.41, 5.74) is 1.39. The van der Waals surface area contributed by atoms with Gasteiger partial charge in [0.1, 0.15) is 0 Å². The van der Waals surface area contributed by atoms with Crippen LogP contribution in [0.1, 0.15) is 27.2 Å². The van der Waals surface area contributed by atoms with Gasteiger partial charge in [-0.1, -0.05) is 17.7 Å². The molecule has 52 valence electrons. The van der Waals surface area contributed by atoms with Gasteiger partial charge in [-0.25, -0.2) is 0 Å². The fraction of sp³-hybridized carbons (Fsp3) is 0.500. The first kappa shape index (κ1) is 9.21. The monoisotopic (exact) mass is 236 g/mol. The molecule has 0 aromatic carbocycles. The molecule has 0 nitrogen and oxygen atoms in total. The van der Waals surface area contributed by atoms with Gasteiger partial charge in [0.15, 0.2) is 0 Å². The second kappa shape index (κ2) is 5.03. The van der Waals surface area contributed by atoms with E-state index >= 15 is 0 Å². The molecule has 9 heavy (non-hydrogen) atoms. The van der Waals surface area contributed by atoms with E-state index in [1.54, 1.807) is 0 Å². The van der Waals surface area contributed by atoms with Gasteiger partial charge in [-0.3, -0.25) is 0 Å². The van der Waals surface area contributed by atoms with E-state index in [1.807, 2.05) is 0 Å². The Morgan fingerprint density at radius 1 is 1.22 bits per heavy atom. The molecule has 0 rings (SSSR count). The standard InChI is InChI=1S/C8H13I/c1-7(2)5-4-6-8(3)9/h5-6H,4H2,1-3H3. The second-order valence-corrected chi connectivity index (χ2v) is 4.01. The van der Waals surface area contributed by atoms with Crippen LogP contribution in [0.25, 0.3) is 0 Å². The van der Waals surface area contributed by atoms with Crippen LogP contribution in [-0.2, 0) is 0 Å². The van der Waals surface area contributed by atoms with Gasteiger partial charge in [0.25, 0.3) is 0 Å². The average Bonchev–Trinajstić information content (AvgIpc) is 1.63. The average molecular weight is 236 g/mol. The van der Waals surface area contributed by atoms with Gasteiger partial charge < -0.3 is 0 Å². The summed E-state index contributed by atoms with van der Waals surface area (Å²) in [6, 6.07) is 0. The van der Waals surface area contributed by atoms with Crippen molar-refractivity contribution in [3.63, 3.8) is 0 Å². The SMILES string of the molecule is CC(C)=CCC=C(C)I. The molecular formula is C8H13I. The number of hydrogen-bond acceptors (Lipinski definition) is 0. The van der Waals surface area contributed by atoms with Gasteiger partial charge in [0.05, 0.1) is 0 Å². The van der Waals surface area contributed by atoms with Crippen LogP contribution in [0.4, 0.5) is 0 Å². The van der Waals surface area contributed by atoms with Crippen LogP contribution in [0.15, 0.2) is 21.3 Å². The zero-order chi connectivity index (χ0) is 7.28. The maximum atomic E-state index is 2.32. The Balaban J connectivity index is 3.53. The summed E-state index contributed by atoms with van der Waals surface area (Å²) in [4.78, 5) is 0. The molecule has 0 saturated heterocycles. The Morgan fingerprint density at radius 2 is 1.78 bits per heavy atom. The van der Waals surface area contributed by atoms with Crippen molar-refractivity contribution in [3.05, 3.63) is 21.3 Å². The third-order valence-corrected chi connectivity index (χ3v) is 1.37. The van der Waals surface area contributed by atoms with Crippen LogP contribution >= 0.6 is 22.6 Å². The second-order valence-electron chi connectivity index (χ2n) is 2.31. The molecule has 0 N–H and O–H groups in total. The molecular weight excluding hydrogens is 223 g/mol. The van der Waals surface area contributed by atoms with E-state index in [-0.39, 0.29) is 0 Å². The highest BCUT2D eigenvalue weighted by Crippen LogP contribution is 2.05. The summed E-state index contributed by atoms with van der Waals surface area (Å²) in [6.07, 6.45) is 5.52. The molecule has 0 heterocycles. The molecule has 0 aliphatic rings. The lowest BCUT2D eigenvalue weighted by Gasteiger charge is -1.86. The smallest absolute Gasteiger partial charge is 0.0157 e. The van der Waals surface area contributed by atoms with Crippen LogP contribution in [0.3, 0.4) is 0 Å². The van der Waals surface area contributed by atoms with Crippen molar-refractivity contribution in [2.45, 2.75) is 27.2 Å². The molecule has 1 heteroatoms. The summed E-state index contributed by atoms with van der Waals surface area (Å²) in [5, 5.41) is 0. The summed E-state index contributed by atoms with van der Waals surface area (Å²) < 4.78 is 1.37. The first-order valence-corrected chi connectivity index (χ1v) is 4.16. The molecule has 0 unspecified atom stereocenters. The minimum absolute atomic E-state index is 1.08. The molecule has 0 aliphatic carbocycles. The van der Waals surface area contributed by atoms with Gasteiger partial charge in [-0.15, -0.1) is 0 Å². The van der Waals surface area contributed by atoms with Gasteiger partial charge in [-0.2, -0.15) is 0 Å². The fourth-order valence-corrected chi connectivity index (χ4v) is 0.711. The van der Waals surface area contributed by atoms with Gasteiger partial charge >= 0.3 is 0 Å². The number of hydrogen-bond donors (Lipinski definition) is 0. The zero-order valence-corrected chi connectivity index (χ0v) is 8.40. The van der Waals surface area contributed by atoms with Crippen LogP contribution in [0.5, 0.6) is 0 Å². The van der Waals surface area contributed by atoms with Crippen molar-refractivity contribution in [3.8, 4) is 0 Å². The molecule has 0 saturated carbocycles.